The van der Waals surface area contributed by atoms with Crippen molar-refractivity contribution in [1.29, 1.82) is 0 Å². The Labute approximate surface area is 207 Å². The van der Waals surface area contributed by atoms with Gasteiger partial charge in [0.25, 0.3) is 5.56 Å². The van der Waals surface area contributed by atoms with Gasteiger partial charge in [-0.15, -0.1) is 11.3 Å². The summed E-state index contributed by atoms with van der Waals surface area (Å²) < 4.78 is 1.61. The zero-order valence-electron chi connectivity index (χ0n) is 20.2. The summed E-state index contributed by atoms with van der Waals surface area (Å²) in [5.74, 6) is -0.482. The summed E-state index contributed by atoms with van der Waals surface area (Å²) in [4.78, 5) is 45.1. The van der Waals surface area contributed by atoms with Gasteiger partial charge in [-0.05, 0) is 89.1 Å². The SMILES string of the molecule is Cc1ccc(-n2c(SCC(=O)NC(=O)NC(C)(C)C)nc3sc4c(c3c2=O)CCCC4)cc1C. The van der Waals surface area contributed by atoms with Crippen LogP contribution in [0.15, 0.2) is 28.2 Å². The Morgan fingerprint density at radius 3 is 2.59 bits per heavy atom. The number of amides is 3. The summed E-state index contributed by atoms with van der Waals surface area (Å²) in [6.07, 6.45) is 4.09. The molecular formula is C25H30N4O3S2. The number of aromatic nitrogens is 2. The van der Waals surface area contributed by atoms with Crippen LogP contribution in [0.3, 0.4) is 0 Å². The smallest absolute Gasteiger partial charge is 0.321 e. The van der Waals surface area contributed by atoms with Crippen LogP contribution in [-0.2, 0) is 17.6 Å². The molecule has 34 heavy (non-hydrogen) atoms. The number of aryl methyl sites for hydroxylation is 4. The number of nitrogens with zero attached hydrogens (tertiary/aromatic N) is 2. The normalized spacial score (nSPS) is 13.6. The van der Waals surface area contributed by atoms with E-state index in [0.717, 1.165) is 64.7 Å². The van der Waals surface area contributed by atoms with Crippen molar-refractivity contribution in [3.05, 3.63) is 50.1 Å². The molecule has 7 nitrogen and oxygen atoms in total. The summed E-state index contributed by atoms with van der Waals surface area (Å²) in [7, 11) is 0. The van der Waals surface area contributed by atoms with Crippen LogP contribution in [0.4, 0.5) is 4.79 Å². The first-order valence-corrected chi connectivity index (χ1v) is 13.2. The van der Waals surface area contributed by atoms with E-state index in [4.69, 9.17) is 4.98 Å². The number of hydrogen-bond acceptors (Lipinski definition) is 6. The Morgan fingerprint density at radius 2 is 1.88 bits per heavy atom. The zero-order valence-corrected chi connectivity index (χ0v) is 21.8. The molecule has 2 N–H and O–H groups in total. The lowest BCUT2D eigenvalue weighted by Gasteiger charge is -2.20. The van der Waals surface area contributed by atoms with E-state index in [0.29, 0.717) is 10.5 Å². The van der Waals surface area contributed by atoms with Gasteiger partial charge >= 0.3 is 6.03 Å². The first-order chi connectivity index (χ1) is 16.0. The number of thiophene rings is 1. The maximum atomic E-state index is 13.8. The van der Waals surface area contributed by atoms with Crippen LogP contribution in [-0.4, -0.2) is 32.8 Å². The molecule has 0 spiro atoms. The van der Waals surface area contributed by atoms with E-state index in [-0.39, 0.29) is 11.3 Å². The first-order valence-electron chi connectivity index (χ1n) is 11.4. The summed E-state index contributed by atoms with van der Waals surface area (Å²) in [6, 6.07) is 5.34. The van der Waals surface area contributed by atoms with Crippen molar-refractivity contribution in [3.8, 4) is 5.69 Å². The quantitative estimate of drug-likeness (QED) is 0.403. The molecule has 1 aromatic carbocycles. The van der Waals surface area contributed by atoms with Gasteiger partial charge in [0.05, 0.1) is 16.8 Å². The molecule has 2 heterocycles. The summed E-state index contributed by atoms with van der Waals surface area (Å²) >= 11 is 2.75. The van der Waals surface area contributed by atoms with E-state index in [2.05, 4.69) is 10.6 Å². The maximum absolute atomic E-state index is 13.8. The largest absolute Gasteiger partial charge is 0.333 e. The number of thioether (sulfide) groups is 1. The van der Waals surface area contributed by atoms with Crippen molar-refractivity contribution in [2.75, 3.05) is 5.75 Å². The van der Waals surface area contributed by atoms with E-state index in [9.17, 15) is 14.4 Å². The number of benzene rings is 1. The van der Waals surface area contributed by atoms with E-state index in [1.54, 1.807) is 15.9 Å². The lowest BCUT2D eigenvalue weighted by Crippen LogP contribution is -2.48. The summed E-state index contributed by atoms with van der Waals surface area (Å²) in [6.45, 7) is 9.56. The Bertz CT molecular complexity index is 1330. The predicted molar refractivity (Wildman–Crippen MR) is 138 cm³/mol. The van der Waals surface area contributed by atoms with Gasteiger partial charge in [0, 0.05) is 10.4 Å². The van der Waals surface area contributed by atoms with Crippen LogP contribution in [0.1, 0.15) is 55.2 Å². The minimum atomic E-state index is -0.543. The molecular weight excluding hydrogens is 468 g/mol. The number of fused-ring (bicyclic) bond motifs is 3. The third-order valence-corrected chi connectivity index (χ3v) is 7.90. The Balaban J connectivity index is 1.71. The minimum absolute atomic E-state index is 0.0363. The van der Waals surface area contributed by atoms with Gasteiger partial charge < -0.3 is 5.32 Å². The number of carbonyl (C=O) groups excluding carboxylic acids is 2. The molecule has 9 heteroatoms. The lowest BCUT2D eigenvalue weighted by molar-refractivity contribution is -0.117. The number of hydrogen-bond donors (Lipinski definition) is 2. The fraction of sp³-hybridized carbons (Fsp3) is 0.440. The van der Waals surface area contributed by atoms with Gasteiger partial charge in [0.1, 0.15) is 4.83 Å². The molecule has 1 aliphatic rings. The lowest BCUT2D eigenvalue weighted by atomic mass is 9.97. The van der Waals surface area contributed by atoms with Gasteiger partial charge in [-0.1, -0.05) is 17.8 Å². The van der Waals surface area contributed by atoms with Crippen molar-refractivity contribution in [1.82, 2.24) is 20.2 Å². The highest BCUT2D eigenvalue weighted by molar-refractivity contribution is 7.99. The van der Waals surface area contributed by atoms with E-state index in [1.165, 1.54) is 4.88 Å². The van der Waals surface area contributed by atoms with Crippen molar-refractivity contribution in [2.45, 2.75) is 71.0 Å². The highest BCUT2D eigenvalue weighted by Gasteiger charge is 2.24. The molecule has 0 aliphatic heterocycles. The highest BCUT2D eigenvalue weighted by atomic mass is 32.2. The van der Waals surface area contributed by atoms with Crippen molar-refractivity contribution < 1.29 is 9.59 Å². The molecule has 0 saturated carbocycles. The average Bonchev–Trinajstić information content (AvgIpc) is 3.11. The molecule has 3 aromatic rings. The second-order valence-electron chi connectivity index (χ2n) is 9.74. The fourth-order valence-corrected chi connectivity index (χ4v) is 6.16. The van der Waals surface area contributed by atoms with Crippen molar-refractivity contribution in [3.63, 3.8) is 0 Å². The number of urea groups is 1. The van der Waals surface area contributed by atoms with Crippen molar-refractivity contribution in [2.24, 2.45) is 0 Å². The molecule has 0 atom stereocenters. The average molecular weight is 499 g/mol. The van der Waals surface area contributed by atoms with E-state index < -0.39 is 17.5 Å². The summed E-state index contributed by atoms with van der Waals surface area (Å²) in [5.41, 5.74) is 3.52. The van der Waals surface area contributed by atoms with E-state index in [1.807, 2.05) is 52.8 Å². The topological polar surface area (TPSA) is 93.1 Å². The van der Waals surface area contributed by atoms with Crippen LogP contribution < -0.4 is 16.2 Å². The van der Waals surface area contributed by atoms with E-state index >= 15 is 0 Å². The number of imide groups is 1. The van der Waals surface area contributed by atoms with Gasteiger partial charge in [0.2, 0.25) is 5.91 Å². The molecule has 1 aliphatic carbocycles. The Morgan fingerprint density at radius 1 is 1.15 bits per heavy atom. The molecule has 2 aromatic heterocycles. The van der Waals surface area contributed by atoms with Gasteiger partial charge in [-0.3, -0.25) is 19.5 Å². The maximum Gasteiger partial charge on any atom is 0.321 e. The van der Waals surface area contributed by atoms with Gasteiger partial charge in [-0.2, -0.15) is 0 Å². The number of rotatable bonds is 4. The summed E-state index contributed by atoms with van der Waals surface area (Å²) in [5, 5.41) is 6.22. The molecule has 0 radical (unpaired) electrons. The molecule has 0 bridgehead atoms. The monoisotopic (exact) mass is 498 g/mol. The van der Waals surface area contributed by atoms with Crippen LogP contribution in [0.5, 0.6) is 0 Å². The molecule has 3 amide bonds. The Hall–Kier alpha value is -2.65. The highest BCUT2D eigenvalue weighted by Crippen LogP contribution is 2.35. The molecule has 4 rings (SSSR count). The minimum Gasteiger partial charge on any atom is -0.333 e. The standard InChI is InChI=1S/C25H30N4O3S2/c1-14-10-11-16(12-15(14)2)29-22(31)20-17-8-6-7-9-18(17)34-21(20)27-24(29)33-13-19(30)26-23(32)28-25(3,4)5/h10-12H,6-9,13H2,1-5H3,(H2,26,28,30,32). The van der Waals surface area contributed by atoms with Crippen LogP contribution in [0.2, 0.25) is 0 Å². The van der Waals surface area contributed by atoms with Crippen molar-refractivity contribution >= 4 is 45.3 Å². The predicted octanol–water partition coefficient (Wildman–Crippen LogP) is 4.66. The molecule has 0 unspecified atom stereocenters. The van der Waals surface area contributed by atoms with Gasteiger partial charge in [-0.25, -0.2) is 9.78 Å². The molecule has 180 valence electrons. The second-order valence-corrected chi connectivity index (χ2v) is 11.8. The zero-order chi connectivity index (χ0) is 24.6. The third-order valence-electron chi connectivity index (χ3n) is 5.78. The molecule has 0 fully saturated rings. The Kier molecular flexibility index (Phi) is 6.87. The van der Waals surface area contributed by atoms with Gasteiger partial charge in [0.15, 0.2) is 5.16 Å². The first kappa shape index (κ1) is 24.5. The second kappa shape index (κ2) is 9.54. The van der Waals surface area contributed by atoms with Crippen LogP contribution in [0.25, 0.3) is 15.9 Å². The van der Waals surface area contributed by atoms with Crippen LogP contribution >= 0.6 is 23.1 Å². The molecule has 0 saturated heterocycles. The number of carbonyl (C=O) groups is 2. The number of nitrogens with one attached hydrogen (secondary N) is 2. The fourth-order valence-electron chi connectivity index (χ4n) is 4.04. The third kappa shape index (κ3) is 5.20. The van der Waals surface area contributed by atoms with Crippen LogP contribution in [0, 0.1) is 13.8 Å².